The lowest BCUT2D eigenvalue weighted by atomic mass is 9.77. The maximum Gasteiger partial charge on any atom is 0.339 e. The highest BCUT2D eigenvalue weighted by Crippen LogP contribution is 2.52. The smallest absolute Gasteiger partial charge is 0.339 e. The van der Waals surface area contributed by atoms with E-state index < -0.39 is 111 Å². The zero-order chi connectivity index (χ0) is 26.1. The number of fused-ring (bicyclic) bond motifs is 2. The molecule has 9 N–H and O–H groups in total. The molecule has 1 saturated heterocycles. The van der Waals surface area contributed by atoms with Crippen LogP contribution in [0.2, 0.25) is 0 Å². The first-order valence-corrected chi connectivity index (χ1v) is 10.2. The van der Waals surface area contributed by atoms with E-state index in [-0.39, 0.29) is 5.56 Å². The third kappa shape index (κ3) is 3.25. The summed E-state index contributed by atoms with van der Waals surface area (Å²) in [6, 6.07) is 0.716. The Bertz CT molecular complexity index is 1300. The Morgan fingerprint density at radius 3 is 2.06 bits per heavy atom. The molecular formula is C22H20O13. The Hall–Kier alpha value is -3.75. The molecule has 0 aromatic heterocycles. The van der Waals surface area contributed by atoms with Crippen molar-refractivity contribution in [3.8, 4) is 23.0 Å². The fraction of sp³-hybridized carbons (Fsp3) is 0.318. The molecule has 1 unspecified atom stereocenters. The number of ether oxygens (including phenoxy) is 1. The van der Waals surface area contributed by atoms with E-state index in [1.54, 1.807) is 0 Å². The van der Waals surface area contributed by atoms with E-state index >= 15 is 0 Å². The van der Waals surface area contributed by atoms with Gasteiger partial charge in [0.2, 0.25) is 0 Å². The molecule has 0 bridgehead atoms. The quantitative estimate of drug-likeness (QED) is 0.154. The minimum atomic E-state index is -2.03. The average molecular weight is 492 g/mol. The van der Waals surface area contributed by atoms with Gasteiger partial charge in [0.1, 0.15) is 47.6 Å². The predicted octanol–water partition coefficient (Wildman–Crippen LogP) is -1.19. The van der Waals surface area contributed by atoms with E-state index in [0.717, 1.165) is 6.92 Å². The van der Waals surface area contributed by atoms with Crippen LogP contribution in [0.4, 0.5) is 0 Å². The fourth-order valence-electron chi connectivity index (χ4n) is 4.58. The second-order valence-corrected chi connectivity index (χ2v) is 8.24. The molecule has 0 spiro atoms. The highest BCUT2D eigenvalue weighted by molar-refractivity contribution is 6.31. The molecular weight excluding hydrogens is 472 g/mol. The van der Waals surface area contributed by atoms with E-state index in [2.05, 4.69) is 0 Å². The van der Waals surface area contributed by atoms with Crippen molar-refractivity contribution < 1.29 is 65.1 Å². The minimum Gasteiger partial charge on any atom is -0.507 e. The molecule has 4 rings (SSSR count). The number of aromatic hydroxyl groups is 4. The van der Waals surface area contributed by atoms with Gasteiger partial charge < -0.3 is 50.7 Å². The second kappa shape index (κ2) is 8.18. The van der Waals surface area contributed by atoms with Gasteiger partial charge >= 0.3 is 5.97 Å². The van der Waals surface area contributed by atoms with Crippen LogP contribution in [0.25, 0.3) is 0 Å². The van der Waals surface area contributed by atoms with Crippen molar-refractivity contribution >= 4 is 17.5 Å². The molecule has 0 radical (unpaired) electrons. The zero-order valence-corrected chi connectivity index (χ0v) is 17.8. The SMILES string of the molecule is Cc1c(C(=O)O)c(O)cc2c1C(=O)c1c(O)c([C@@H]3OC(CO)[C@@H](O)[C@H](O)[C@H]3O)c(O)c(O)c1C2=O. The summed E-state index contributed by atoms with van der Waals surface area (Å²) in [5.41, 5.74) is -4.49. The molecule has 2 aromatic rings. The molecule has 1 heterocycles. The summed E-state index contributed by atoms with van der Waals surface area (Å²) in [7, 11) is 0. The Balaban J connectivity index is 1.99. The number of hydrogen-bond acceptors (Lipinski definition) is 12. The van der Waals surface area contributed by atoms with Gasteiger partial charge in [-0.25, -0.2) is 4.79 Å². The van der Waals surface area contributed by atoms with Gasteiger partial charge in [-0.3, -0.25) is 9.59 Å². The van der Waals surface area contributed by atoms with Gasteiger partial charge in [-0.1, -0.05) is 0 Å². The number of carboxylic acids is 1. The lowest BCUT2D eigenvalue weighted by Crippen LogP contribution is -2.55. The Kier molecular flexibility index (Phi) is 5.70. The largest absolute Gasteiger partial charge is 0.507 e. The molecule has 35 heavy (non-hydrogen) atoms. The molecule has 1 aliphatic carbocycles. The number of carboxylic acid groups (broad SMARTS) is 1. The summed E-state index contributed by atoms with van der Waals surface area (Å²) in [6.45, 7) is 0.291. The monoisotopic (exact) mass is 492 g/mol. The molecule has 1 fully saturated rings. The number of phenols is 4. The molecule has 2 aromatic carbocycles. The standard InChI is InChI=1S/C22H20O13/c1-4-8-5(2-6(24)9(4)22(33)34)13(25)10-11(15(8)27)16(28)12(18(30)17(10)29)21-20(32)19(31)14(26)7(3-23)35-21/h2,7,14,19-21,23-24,26,28-32H,3H2,1H3,(H,33,34)/t7?,14-,19+,20-,21+/m1/s1. The van der Waals surface area contributed by atoms with Gasteiger partial charge in [0, 0.05) is 11.1 Å². The summed E-state index contributed by atoms with van der Waals surface area (Å²) < 4.78 is 5.30. The van der Waals surface area contributed by atoms with Crippen molar-refractivity contribution in [2.45, 2.75) is 37.4 Å². The number of ketones is 2. The molecule has 0 amide bonds. The Morgan fingerprint density at radius 1 is 0.886 bits per heavy atom. The normalized spacial score (nSPS) is 25.8. The molecule has 1 aliphatic heterocycles. The summed E-state index contributed by atoms with van der Waals surface area (Å²) >= 11 is 0. The van der Waals surface area contributed by atoms with Crippen LogP contribution in [0.5, 0.6) is 23.0 Å². The van der Waals surface area contributed by atoms with Crippen LogP contribution in [0.3, 0.4) is 0 Å². The number of phenolic OH excluding ortho intramolecular Hbond substituents is 3. The predicted molar refractivity (Wildman–Crippen MR) is 111 cm³/mol. The first kappa shape index (κ1) is 24.4. The number of benzene rings is 2. The van der Waals surface area contributed by atoms with Crippen LogP contribution in [0.1, 0.15) is 59.4 Å². The van der Waals surface area contributed by atoms with E-state index in [1.165, 1.54) is 0 Å². The van der Waals surface area contributed by atoms with Crippen LogP contribution < -0.4 is 0 Å². The van der Waals surface area contributed by atoms with Crippen LogP contribution in [-0.4, -0.2) is 94.5 Å². The van der Waals surface area contributed by atoms with Gasteiger partial charge in [-0.15, -0.1) is 0 Å². The highest BCUT2D eigenvalue weighted by atomic mass is 16.5. The number of aliphatic hydroxyl groups excluding tert-OH is 4. The summed E-state index contributed by atoms with van der Waals surface area (Å²) in [5.74, 6) is -8.24. The lowest BCUT2D eigenvalue weighted by molar-refractivity contribution is -0.232. The molecule has 13 nitrogen and oxygen atoms in total. The Labute approximate surface area is 195 Å². The van der Waals surface area contributed by atoms with Crippen LogP contribution in [-0.2, 0) is 4.74 Å². The maximum absolute atomic E-state index is 13.4. The summed E-state index contributed by atoms with van der Waals surface area (Å²) in [6.07, 6.45) is -9.12. The number of carbonyl (C=O) groups is 3. The summed E-state index contributed by atoms with van der Waals surface area (Å²) in [4.78, 5) is 38.1. The van der Waals surface area contributed by atoms with Gasteiger partial charge in [0.15, 0.2) is 23.1 Å². The molecule has 2 aliphatic rings. The minimum absolute atomic E-state index is 0.308. The van der Waals surface area contributed by atoms with Crippen LogP contribution in [0, 0.1) is 6.92 Å². The summed E-state index contributed by atoms with van der Waals surface area (Å²) in [5, 5.41) is 91.5. The average Bonchev–Trinajstić information content (AvgIpc) is 2.79. The second-order valence-electron chi connectivity index (χ2n) is 8.24. The number of aromatic carboxylic acids is 1. The first-order valence-electron chi connectivity index (χ1n) is 10.2. The van der Waals surface area contributed by atoms with E-state index in [9.17, 15) is 60.3 Å². The van der Waals surface area contributed by atoms with Gasteiger partial charge in [-0.2, -0.15) is 0 Å². The zero-order valence-electron chi connectivity index (χ0n) is 17.8. The van der Waals surface area contributed by atoms with Gasteiger partial charge in [-0.05, 0) is 18.6 Å². The van der Waals surface area contributed by atoms with Crippen molar-refractivity contribution in [2.75, 3.05) is 6.61 Å². The van der Waals surface area contributed by atoms with Crippen LogP contribution >= 0.6 is 0 Å². The van der Waals surface area contributed by atoms with Crippen molar-refractivity contribution in [1.82, 2.24) is 0 Å². The van der Waals surface area contributed by atoms with Crippen LogP contribution in [0.15, 0.2) is 6.07 Å². The molecule has 5 atom stereocenters. The number of carbonyl (C=O) groups excluding carboxylic acids is 2. The van der Waals surface area contributed by atoms with E-state index in [1.807, 2.05) is 0 Å². The van der Waals surface area contributed by atoms with Crippen molar-refractivity contribution in [3.63, 3.8) is 0 Å². The van der Waals surface area contributed by atoms with Crippen molar-refractivity contribution in [3.05, 3.63) is 45.0 Å². The Morgan fingerprint density at radius 2 is 1.49 bits per heavy atom. The maximum atomic E-state index is 13.4. The number of aliphatic hydroxyl groups is 4. The van der Waals surface area contributed by atoms with Crippen molar-refractivity contribution in [2.24, 2.45) is 0 Å². The molecule has 0 saturated carbocycles. The van der Waals surface area contributed by atoms with Gasteiger partial charge in [0.05, 0.1) is 23.3 Å². The first-order chi connectivity index (χ1) is 16.3. The van der Waals surface area contributed by atoms with E-state index in [4.69, 9.17) is 4.74 Å². The number of hydrogen-bond donors (Lipinski definition) is 9. The third-order valence-corrected chi connectivity index (χ3v) is 6.33. The lowest BCUT2D eigenvalue weighted by Gasteiger charge is -2.40. The fourth-order valence-corrected chi connectivity index (χ4v) is 4.58. The van der Waals surface area contributed by atoms with Gasteiger partial charge in [0.25, 0.3) is 0 Å². The molecule has 13 heteroatoms. The highest BCUT2D eigenvalue weighted by Gasteiger charge is 2.48. The number of rotatable bonds is 3. The topological polar surface area (TPSA) is 243 Å². The molecule has 186 valence electrons. The van der Waals surface area contributed by atoms with Crippen molar-refractivity contribution in [1.29, 1.82) is 0 Å². The third-order valence-electron chi connectivity index (χ3n) is 6.33. The van der Waals surface area contributed by atoms with E-state index in [0.29, 0.717) is 6.07 Å².